The molecule has 1 heterocycles. The number of methoxy groups -OCH3 is 2. The molecule has 3 rings (SSSR count). The number of amides is 1. The number of benzene rings is 2. The first-order valence-electron chi connectivity index (χ1n) is 9.25. The van der Waals surface area contributed by atoms with Gasteiger partial charge in [0.15, 0.2) is 11.5 Å². The number of carbonyl (C=O) groups excluding carboxylic acids is 1. The zero-order valence-electron chi connectivity index (χ0n) is 16.6. The van der Waals surface area contributed by atoms with Crippen molar-refractivity contribution in [1.82, 2.24) is 10.3 Å². The van der Waals surface area contributed by atoms with Crippen molar-refractivity contribution in [2.75, 3.05) is 14.2 Å². The predicted molar refractivity (Wildman–Crippen MR) is 111 cm³/mol. The Labute approximate surface area is 172 Å². The Morgan fingerprint density at radius 3 is 2.50 bits per heavy atom. The highest BCUT2D eigenvalue weighted by molar-refractivity contribution is 5.83. The number of rotatable bonds is 8. The molecule has 0 aliphatic rings. The van der Waals surface area contributed by atoms with Gasteiger partial charge in [0.1, 0.15) is 0 Å². The second kappa shape index (κ2) is 9.13. The SMILES string of the molecule is COc1ccc(C(CC(=O)O)NC(=O)Cc2cc3ccccc3[nH]c2=O)cc1OC. The minimum Gasteiger partial charge on any atom is -0.493 e. The molecule has 1 atom stereocenters. The van der Waals surface area contributed by atoms with Gasteiger partial charge >= 0.3 is 5.97 Å². The first-order chi connectivity index (χ1) is 14.4. The number of nitrogens with one attached hydrogen (secondary N) is 2. The summed E-state index contributed by atoms with van der Waals surface area (Å²) >= 11 is 0. The van der Waals surface area contributed by atoms with Crippen LogP contribution in [0.1, 0.15) is 23.6 Å². The Hall–Kier alpha value is -3.81. The number of carboxylic acid groups (broad SMARTS) is 1. The van der Waals surface area contributed by atoms with Gasteiger partial charge in [-0.2, -0.15) is 0 Å². The van der Waals surface area contributed by atoms with Gasteiger partial charge in [-0.15, -0.1) is 0 Å². The number of ether oxygens (including phenoxy) is 2. The van der Waals surface area contributed by atoms with E-state index in [-0.39, 0.29) is 18.4 Å². The van der Waals surface area contributed by atoms with Crippen molar-refractivity contribution in [3.05, 3.63) is 70.0 Å². The molecule has 3 aromatic rings. The molecule has 8 nitrogen and oxygen atoms in total. The van der Waals surface area contributed by atoms with E-state index in [9.17, 15) is 19.5 Å². The molecule has 0 radical (unpaired) electrons. The highest BCUT2D eigenvalue weighted by Gasteiger charge is 2.20. The zero-order chi connectivity index (χ0) is 21.7. The Balaban J connectivity index is 1.83. The van der Waals surface area contributed by atoms with Crippen LogP contribution in [0.3, 0.4) is 0 Å². The van der Waals surface area contributed by atoms with Crippen molar-refractivity contribution in [3.63, 3.8) is 0 Å². The van der Waals surface area contributed by atoms with Crippen LogP contribution in [-0.2, 0) is 16.0 Å². The number of hydrogen-bond donors (Lipinski definition) is 3. The molecule has 1 amide bonds. The predicted octanol–water partition coefficient (Wildman–Crippen LogP) is 2.42. The average molecular weight is 410 g/mol. The Bertz CT molecular complexity index is 1140. The van der Waals surface area contributed by atoms with Crippen LogP contribution in [-0.4, -0.2) is 36.2 Å². The highest BCUT2D eigenvalue weighted by Crippen LogP contribution is 2.31. The molecule has 30 heavy (non-hydrogen) atoms. The van der Waals surface area contributed by atoms with Crippen LogP contribution in [0.5, 0.6) is 11.5 Å². The second-order valence-corrected chi connectivity index (χ2v) is 6.72. The Morgan fingerprint density at radius 1 is 1.07 bits per heavy atom. The monoisotopic (exact) mass is 410 g/mol. The molecular weight excluding hydrogens is 388 g/mol. The average Bonchev–Trinajstić information content (AvgIpc) is 2.73. The standard InChI is InChI=1S/C22H22N2O6/c1-29-18-8-7-14(10-19(18)30-2)17(12-21(26)27)23-20(25)11-15-9-13-5-3-4-6-16(13)24-22(15)28/h3-10,17H,11-12H2,1-2H3,(H,23,25)(H,24,28)(H,26,27). The van der Waals surface area contributed by atoms with Crippen LogP contribution in [0.25, 0.3) is 10.9 Å². The summed E-state index contributed by atoms with van der Waals surface area (Å²) in [5, 5.41) is 12.8. The molecule has 1 aromatic heterocycles. The Morgan fingerprint density at radius 2 is 1.80 bits per heavy atom. The number of aromatic amines is 1. The van der Waals surface area contributed by atoms with Crippen LogP contribution in [0.2, 0.25) is 0 Å². The first-order valence-corrected chi connectivity index (χ1v) is 9.25. The lowest BCUT2D eigenvalue weighted by molar-refractivity contribution is -0.137. The summed E-state index contributed by atoms with van der Waals surface area (Å²) in [4.78, 5) is 39.0. The second-order valence-electron chi connectivity index (χ2n) is 6.72. The molecule has 0 fully saturated rings. The van der Waals surface area contributed by atoms with Gasteiger partial charge in [0, 0.05) is 11.1 Å². The lowest BCUT2D eigenvalue weighted by Crippen LogP contribution is -2.32. The maximum atomic E-state index is 12.6. The molecule has 0 bridgehead atoms. The van der Waals surface area contributed by atoms with E-state index < -0.39 is 17.9 Å². The fourth-order valence-corrected chi connectivity index (χ4v) is 3.24. The third-order valence-electron chi connectivity index (χ3n) is 4.71. The summed E-state index contributed by atoms with van der Waals surface area (Å²) in [5.74, 6) is -0.620. The van der Waals surface area contributed by atoms with Crippen molar-refractivity contribution >= 4 is 22.8 Å². The lowest BCUT2D eigenvalue weighted by Gasteiger charge is -2.19. The molecule has 0 saturated heterocycles. The topological polar surface area (TPSA) is 118 Å². The number of aliphatic carboxylic acids is 1. The minimum absolute atomic E-state index is 0.177. The number of pyridine rings is 1. The molecule has 0 spiro atoms. The number of carboxylic acids is 1. The quantitative estimate of drug-likeness (QED) is 0.525. The van der Waals surface area contributed by atoms with Crippen molar-refractivity contribution in [3.8, 4) is 11.5 Å². The summed E-state index contributed by atoms with van der Waals surface area (Å²) in [7, 11) is 2.97. The third-order valence-corrected chi connectivity index (χ3v) is 4.71. The number of H-pyrrole nitrogens is 1. The van der Waals surface area contributed by atoms with Gasteiger partial charge in [0.25, 0.3) is 5.56 Å². The van der Waals surface area contributed by atoms with Gasteiger partial charge in [-0.1, -0.05) is 24.3 Å². The van der Waals surface area contributed by atoms with Gasteiger partial charge in [-0.25, -0.2) is 0 Å². The third kappa shape index (κ3) is 4.78. The largest absolute Gasteiger partial charge is 0.493 e. The van der Waals surface area contributed by atoms with Gasteiger partial charge in [-0.05, 0) is 35.2 Å². The molecular formula is C22H22N2O6. The van der Waals surface area contributed by atoms with Gasteiger partial charge < -0.3 is 24.9 Å². The normalized spacial score (nSPS) is 11.7. The molecule has 0 saturated carbocycles. The zero-order valence-corrected chi connectivity index (χ0v) is 16.6. The first kappa shape index (κ1) is 20.9. The number of fused-ring (bicyclic) bond motifs is 1. The van der Waals surface area contributed by atoms with E-state index in [1.54, 1.807) is 30.3 Å². The van der Waals surface area contributed by atoms with Crippen molar-refractivity contribution < 1.29 is 24.2 Å². The number of para-hydroxylation sites is 1. The van der Waals surface area contributed by atoms with E-state index in [0.29, 0.717) is 28.1 Å². The van der Waals surface area contributed by atoms with Crippen molar-refractivity contribution in [1.29, 1.82) is 0 Å². The lowest BCUT2D eigenvalue weighted by atomic mass is 10.0. The summed E-state index contributed by atoms with van der Waals surface area (Å²) < 4.78 is 10.5. The molecule has 3 N–H and O–H groups in total. The maximum absolute atomic E-state index is 12.6. The summed E-state index contributed by atoms with van der Waals surface area (Å²) in [5.41, 5.74) is 1.17. The fourth-order valence-electron chi connectivity index (χ4n) is 3.24. The summed E-state index contributed by atoms with van der Waals surface area (Å²) in [6, 6.07) is 13.1. The summed E-state index contributed by atoms with van der Waals surface area (Å²) in [6.45, 7) is 0. The van der Waals surface area contributed by atoms with Crippen LogP contribution < -0.4 is 20.3 Å². The Kier molecular flexibility index (Phi) is 6.36. The van der Waals surface area contributed by atoms with E-state index in [2.05, 4.69) is 10.3 Å². The molecule has 156 valence electrons. The van der Waals surface area contributed by atoms with Gasteiger partial charge in [0.2, 0.25) is 5.91 Å². The molecule has 2 aromatic carbocycles. The maximum Gasteiger partial charge on any atom is 0.305 e. The molecule has 8 heteroatoms. The van der Waals surface area contributed by atoms with Crippen molar-refractivity contribution in [2.24, 2.45) is 0 Å². The van der Waals surface area contributed by atoms with E-state index >= 15 is 0 Å². The summed E-state index contributed by atoms with van der Waals surface area (Å²) in [6.07, 6.45) is -0.501. The fraction of sp³-hybridized carbons (Fsp3) is 0.227. The van der Waals surface area contributed by atoms with Gasteiger partial charge in [-0.3, -0.25) is 14.4 Å². The van der Waals surface area contributed by atoms with Crippen LogP contribution >= 0.6 is 0 Å². The molecule has 0 aliphatic heterocycles. The van der Waals surface area contributed by atoms with E-state index in [1.165, 1.54) is 14.2 Å². The minimum atomic E-state index is -1.07. The van der Waals surface area contributed by atoms with Crippen LogP contribution in [0.15, 0.2) is 53.3 Å². The van der Waals surface area contributed by atoms with E-state index in [0.717, 1.165) is 5.39 Å². The number of aromatic nitrogens is 1. The molecule has 1 unspecified atom stereocenters. The van der Waals surface area contributed by atoms with Crippen molar-refractivity contribution in [2.45, 2.75) is 18.9 Å². The molecule has 0 aliphatic carbocycles. The number of carbonyl (C=O) groups is 2. The van der Waals surface area contributed by atoms with E-state index in [4.69, 9.17) is 9.47 Å². The van der Waals surface area contributed by atoms with Crippen LogP contribution in [0.4, 0.5) is 0 Å². The smallest absolute Gasteiger partial charge is 0.305 e. The number of hydrogen-bond acceptors (Lipinski definition) is 5. The van der Waals surface area contributed by atoms with Gasteiger partial charge in [0.05, 0.1) is 33.1 Å². The van der Waals surface area contributed by atoms with Crippen LogP contribution in [0, 0.1) is 0 Å². The highest BCUT2D eigenvalue weighted by atomic mass is 16.5. The van der Waals surface area contributed by atoms with E-state index in [1.807, 2.05) is 18.2 Å².